The van der Waals surface area contributed by atoms with E-state index in [-0.39, 0.29) is 11.7 Å². The Morgan fingerprint density at radius 2 is 1.68 bits per heavy atom. The van der Waals surface area contributed by atoms with Crippen LogP contribution < -0.4 is 10.6 Å². The van der Waals surface area contributed by atoms with Gasteiger partial charge in [-0.1, -0.05) is 24.3 Å². The maximum Gasteiger partial charge on any atom is 0.251 e. The first-order chi connectivity index (χ1) is 15.1. The molecule has 4 rings (SSSR count). The number of benzene rings is 3. The second-order valence-electron chi connectivity index (χ2n) is 7.08. The number of amides is 1. The molecule has 0 unspecified atom stereocenters. The summed E-state index contributed by atoms with van der Waals surface area (Å²) in [6.07, 6.45) is 1.64. The van der Waals surface area contributed by atoms with E-state index in [0.717, 1.165) is 22.4 Å². The number of halogens is 1. The fourth-order valence-corrected chi connectivity index (χ4v) is 3.11. The third-order valence-electron chi connectivity index (χ3n) is 4.88. The molecule has 1 amide bonds. The van der Waals surface area contributed by atoms with Gasteiger partial charge in [-0.05, 0) is 72.6 Å². The minimum absolute atomic E-state index is 0.129. The summed E-state index contributed by atoms with van der Waals surface area (Å²) in [6, 6.07) is 22.9. The highest BCUT2D eigenvalue weighted by Gasteiger charge is 2.07. The van der Waals surface area contributed by atoms with E-state index in [1.54, 1.807) is 36.5 Å². The number of rotatable bonds is 6. The minimum atomic E-state index is -0.305. The van der Waals surface area contributed by atoms with Crippen molar-refractivity contribution in [3.8, 4) is 11.4 Å². The molecule has 4 aromatic rings. The van der Waals surface area contributed by atoms with Crippen LogP contribution in [-0.2, 0) is 6.54 Å². The van der Waals surface area contributed by atoms with Gasteiger partial charge >= 0.3 is 0 Å². The molecule has 0 saturated carbocycles. The summed E-state index contributed by atoms with van der Waals surface area (Å²) in [7, 11) is 0. The number of carbonyl (C=O) groups is 1. The largest absolute Gasteiger partial charge is 0.348 e. The Morgan fingerprint density at radius 1 is 0.935 bits per heavy atom. The zero-order valence-electron chi connectivity index (χ0n) is 17.0. The lowest BCUT2D eigenvalue weighted by Gasteiger charge is -2.10. The Labute approximate surface area is 180 Å². The predicted molar refractivity (Wildman–Crippen MR) is 119 cm³/mol. The van der Waals surface area contributed by atoms with Gasteiger partial charge in [-0.2, -0.15) is 0 Å². The van der Waals surface area contributed by atoms with Crippen molar-refractivity contribution in [2.24, 2.45) is 0 Å². The van der Waals surface area contributed by atoms with E-state index in [2.05, 4.69) is 20.6 Å². The molecule has 0 aliphatic heterocycles. The van der Waals surface area contributed by atoms with Gasteiger partial charge in [0.2, 0.25) is 0 Å². The number of hydrogen-bond acceptors (Lipinski definition) is 4. The molecule has 0 fully saturated rings. The van der Waals surface area contributed by atoms with Gasteiger partial charge in [0.05, 0.1) is 0 Å². The molecule has 5 nitrogen and oxygen atoms in total. The average molecular weight is 412 g/mol. The highest BCUT2D eigenvalue weighted by Crippen LogP contribution is 2.20. The van der Waals surface area contributed by atoms with Crippen LogP contribution >= 0.6 is 0 Å². The lowest BCUT2D eigenvalue weighted by Crippen LogP contribution is -2.23. The summed E-state index contributed by atoms with van der Waals surface area (Å²) in [5, 5.41) is 6.15. The van der Waals surface area contributed by atoms with E-state index in [4.69, 9.17) is 0 Å². The molecule has 0 saturated heterocycles. The number of aryl methyl sites for hydroxylation is 1. The number of nitrogens with one attached hydrogen (secondary N) is 2. The van der Waals surface area contributed by atoms with Crippen molar-refractivity contribution < 1.29 is 9.18 Å². The molecule has 0 spiro atoms. The van der Waals surface area contributed by atoms with Crippen molar-refractivity contribution in [2.75, 3.05) is 5.32 Å². The van der Waals surface area contributed by atoms with Crippen molar-refractivity contribution in [3.63, 3.8) is 0 Å². The Balaban J connectivity index is 1.40. The minimum Gasteiger partial charge on any atom is -0.348 e. The number of anilines is 2. The monoisotopic (exact) mass is 412 g/mol. The van der Waals surface area contributed by atoms with Crippen LogP contribution in [0.2, 0.25) is 0 Å². The molecule has 1 heterocycles. The van der Waals surface area contributed by atoms with Crippen LogP contribution in [0.25, 0.3) is 11.4 Å². The SMILES string of the molecule is Cc1ccccc1CNC(=O)c1ccc(Nc2ccnc(-c3ccc(F)cc3)n2)cc1. The normalized spacial score (nSPS) is 10.5. The number of carbonyl (C=O) groups excluding carboxylic acids is 1. The molecule has 31 heavy (non-hydrogen) atoms. The van der Waals surface area contributed by atoms with Gasteiger partial charge in [0.15, 0.2) is 5.82 Å². The van der Waals surface area contributed by atoms with E-state index in [1.165, 1.54) is 12.1 Å². The highest BCUT2D eigenvalue weighted by atomic mass is 19.1. The van der Waals surface area contributed by atoms with Crippen molar-refractivity contribution >= 4 is 17.4 Å². The van der Waals surface area contributed by atoms with Gasteiger partial charge in [0, 0.05) is 29.6 Å². The van der Waals surface area contributed by atoms with Gasteiger partial charge in [0.25, 0.3) is 5.91 Å². The zero-order valence-corrected chi connectivity index (χ0v) is 17.0. The molecular weight excluding hydrogens is 391 g/mol. The molecule has 6 heteroatoms. The molecule has 154 valence electrons. The second kappa shape index (κ2) is 9.17. The Kier molecular flexibility index (Phi) is 5.98. The maximum atomic E-state index is 13.1. The van der Waals surface area contributed by atoms with Gasteiger partial charge in [0.1, 0.15) is 11.6 Å². The van der Waals surface area contributed by atoms with E-state index in [0.29, 0.717) is 23.8 Å². The van der Waals surface area contributed by atoms with Crippen LogP contribution in [0.4, 0.5) is 15.9 Å². The topological polar surface area (TPSA) is 66.9 Å². The lowest BCUT2D eigenvalue weighted by molar-refractivity contribution is 0.0951. The number of nitrogens with zero attached hydrogens (tertiary/aromatic N) is 2. The molecule has 1 aromatic heterocycles. The van der Waals surface area contributed by atoms with Crippen molar-refractivity contribution in [3.05, 3.63) is 108 Å². The van der Waals surface area contributed by atoms with Crippen LogP contribution in [0.3, 0.4) is 0 Å². The summed E-state index contributed by atoms with van der Waals surface area (Å²) < 4.78 is 13.1. The first kappa shape index (κ1) is 20.2. The van der Waals surface area contributed by atoms with E-state index < -0.39 is 0 Å². The maximum absolute atomic E-state index is 13.1. The molecular formula is C25H21FN4O. The van der Waals surface area contributed by atoms with E-state index in [9.17, 15) is 9.18 Å². The van der Waals surface area contributed by atoms with Gasteiger partial charge in [-0.15, -0.1) is 0 Å². The Morgan fingerprint density at radius 3 is 2.42 bits per heavy atom. The number of aromatic nitrogens is 2. The highest BCUT2D eigenvalue weighted by molar-refractivity contribution is 5.94. The molecule has 0 radical (unpaired) electrons. The van der Waals surface area contributed by atoms with Crippen LogP contribution in [0, 0.1) is 12.7 Å². The third kappa shape index (κ3) is 5.11. The van der Waals surface area contributed by atoms with Crippen molar-refractivity contribution in [1.29, 1.82) is 0 Å². The summed E-state index contributed by atoms with van der Waals surface area (Å²) in [6.45, 7) is 2.51. The van der Waals surface area contributed by atoms with Crippen molar-refractivity contribution in [1.82, 2.24) is 15.3 Å². The third-order valence-corrected chi connectivity index (χ3v) is 4.88. The first-order valence-corrected chi connectivity index (χ1v) is 9.87. The second-order valence-corrected chi connectivity index (χ2v) is 7.08. The molecule has 0 aliphatic rings. The first-order valence-electron chi connectivity index (χ1n) is 9.87. The standard InChI is InChI=1S/C25H21FN4O/c1-17-4-2-3-5-20(17)16-28-25(31)19-8-12-22(13-9-19)29-23-14-15-27-24(30-23)18-6-10-21(26)11-7-18/h2-15H,16H2,1H3,(H,28,31)(H,27,29,30). The van der Waals surface area contributed by atoms with Gasteiger partial charge in [-0.3, -0.25) is 4.79 Å². The Bertz CT molecular complexity index is 1190. The van der Waals surface area contributed by atoms with Crippen LogP contribution in [-0.4, -0.2) is 15.9 Å². The molecule has 0 atom stereocenters. The fraction of sp³-hybridized carbons (Fsp3) is 0.0800. The van der Waals surface area contributed by atoms with E-state index in [1.807, 2.05) is 43.3 Å². The van der Waals surface area contributed by atoms with E-state index >= 15 is 0 Å². The smallest absolute Gasteiger partial charge is 0.251 e. The van der Waals surface area contributed by atoms with Crippen LogP contribution in [0.5, 0.6) is 0 Å². The molecule has 0 bridgehead atoms. The van der Waals surface area contributed by atoms with Gasteiger partial charge < -0.3 is 10.6 Å². The fourth-order valence-electron chi connectivity index (χ4n) is 3.11. The van der Waals surface area contributed by atoms with Crippen LogP contribution in [0.1, 0.15) is 21.5 Å². The lowest BCUT2D eigenvalue weighted by atomic mass is 10.1. The summed E-state index contributed by atoms with van der Waals surface area (Å²) in [5.41, 5.74) is 4.33. The average Bonchev–Trinajstić information content (AvgIpc) is 2.79. The molecule has 2 N–H and O–H groups in total. The summed E-state index contributed by atoms with van der Waals surface area (Å²) >= 11 is 0. The Hall–Kier alpha value is -4.06. The predicted octanol–water partition coefficient (Wildman–Crippen LogP) is 5.26. The number of hydrogen-bond donors (Lipinski definition) is 2. The molecule has 0 aliphatic carbocycles. The van der Waals surface area contributed by atoms with Crippen molar-refractivity contribution in [2.45, 2.75) is 13.5 Å². The quantitative estimate of drug-likeness (QED) is 0.453. The van der Waals surface area contributed by atoms with Crippen LogP contribution in [0.15, 0.2) is 85.1 Å². The molecule has 3 aromatic carbocycles. The zero-order chi connectivity index (χ0) is 21.6. The summed E-state index contributed by atoms with van der Waals surface area (Å²) in [5.74, 6) is 0.666. The van der Waals surface area contributed by atoms with Gasteiger partial charge in [-0.25, -0.2) is 14.4 Å². The summed E-state index contributed by atoms with van der Waals surface area (Å²) in [4.78, 5) is 21.2.